The largest absolute Gasteiger partial charge is 0.393 e. The number of nitrogens with zero attached hydrogens (tertiary/aromatic N) is 4. The van der Waals surface area contributed by atoms with E-state index in [2.05, 4.69) is 85.9 Å². The van der Waals surface area contributed by atoms with E-state index in [1.165, 1.54) is 17.5 Å². The molecule has 0 spiro atoms. The third-order valence-corrected chi connectivity index (χ3v) is 5.21. The number of hydrazine groups is 1. The van der Waals surface area contributed by atoms with Gasteiger partial charge in [-0.05, 0) is 11.1 Å². The molecular formula is C21H25N7. The number of nitrogen functional groups attached to an aromatic ring is 2. The quantitative estimate of drug-likeness (QED) is 0.465. The van der Waals surface area contributed by atoms with Gasteiger partial charge >= 0.3 is 0 Å². The van der Waals surface area contributed by atoms with Crippen molar-refractivity contribution in [2.75, 3.05) is 42.2 Å². The lowest BCUT2D eigenvalue weighted by Crippen LogP contribution is -2.48. The summed E-state index contributed by atoms with van der Waals surface area (Å²) >= 11 is 0. The number of piperazine rings is 1. The predicted octanol–water partition coefficient (Wildman–Crippen LogP) is 2.26. The first-order valence-corrected chi connectivity index (χ1v) is 9.44. The van der Waals surface area contributed by atoms with E-state index in [0.717, 1.165) is 32.0 Å². The number of benzene rings is 2. The Balaban J connectivity index is 1.56. The molecule has 2 aromatic carbocycles. The van der Waals surface area contributed by atoms with Gasteiger partial charge in [-0.3, -0.25) is 4.90 Å². The topological polar surface area (TPSA) is 96.3 Å². The second kappa shape index (κ2) is 8.24. The van der Waals surface area contributed by atoms with Crippen molar-refractivity contribution in [3.05, 3.63) is 78.1 Å². The van der Waals surface area contributed by atoms with Crippen molar-refractivity contribution in [3.63, 3.8) is 0 Å². The van der Waals surface area contributed by atoms with Crippen LogP contribution >= 0.6 is 0 Å². The summed E-state index contributed by atoms with van der Waals surface area (Å²) < 4.78 is 0. The molecule has 4 rings (SSSR count). The summed E-state index contributed by atoms with van der Waals surface area (Å²) in [5.74, 6) is 6.68. The van der Waals surface area contributed by atoms with Crippen molar-refractivity contribution in [1.29, 1.82) is 0 Å². The number of hydrogen-bond acceptors (Lipinski definition) is 7. The fraction of sp³-hybridized carbons (Fsp3) is 0.238. The number of aromatic nitrogens is 2. The summed E-state index contributed by atoms with van der Waals surface area (Å²) in [7, 11) is 0. The van der Waals surface area contributed by atoms with Crippen molar-refractivity contribution in [2.45, 2.75) is 6.04 Å². The molecule has 0 radical (unpaired) electrons. The Morgan fingerprint density at radius 3 is 1.93 bits per heavy atom. The molecule has 1 fully saturated rings. The van der Waals surface area contributed by atoms with Crippen molar-refractivity contribution in [1.82, 2.24) is 14.9 Å². The van der Waals surface area contributed by atoms with Crippen LogP contribution in [-0.2, 0) is 0 Å². The highest BCUT2D eigenvalue weighted by molar-refractivity contribution is 5.74. The average molecular weight is 375 g/mol. The van der Waals surface area contributed by atoms with E-state index >= 15 is 0 Å². The van der Waals surface area contributed by atoms with Crippen LogP contribution in [0, 0.1) is 0 Å². The highest BCUT2D eigenvalue weighted by atomic mass is 15.3. The first kappa shape index (κ1) is 18.2. The summed E-state index contributed by atoms with van der Waals surface area (Å²) in [6.45, 7) is 3.48. The molecule has 7 heteroatoms. The fourth-order valence-electron chi connectivity index (χ4n) is 3.83. The first-order chi connectivity index (χ1) is 13.8. The van der Waals surface area contributed by atoms with Crippen LogP contribution in [0.4, 0.5) is 17.3 Å². The van der Waals surface area contributed by atoms with Crippen LogP contribution in [0.5, 0.6) is 0 Å². The predicted molar refractivity (Wildman–Crippen MR) is 113 cm³/mol. The van der Waals surface area contributed by atoms with Crippen LogP contribution < -0.4 is 21.9 Å². The summed E-state index contributed by atoms with van der Waals surface area (Å²) in [5, 5.41) is 0. The summed E-state index contributed by atoms with van der Waals surface area (Å²) in [5.41, 5.74) is 11.8. The van der Waals surface area contributed by atoms with Crippen LogP contribution in [0.25, 0.3) is 0 Å². The van der Waals surface area contributed by atoms with Crippen molar-refractivity contribution < 1.29 is 0 Å². The number of anilines is 3. The Hall–Kier alpha value is -3.16. The van der Waals surface area contributed by atoms with E-state index in [1.807, 2.05) is 0 Å². The molecule has 3 aromatic rings. The highest BCUT2D eigenvalue weighted by Crippen LogP contribution is 2.31. The molecule has 0 aliphatic carbocycles. The van der Waals surface area contributed by atoms with E-state index in [-0.39, 0.29) is 6.04 Å². The SMILES string of the molecule is NNc1ncnc(N2CCN(C(c3ccccc3)c3ccccc3)CC2)c1N. The van der Waals surface area contributed by atoms with E-state index in [4.69, 9.17) is 11.6 Å². The van der Waals surface area contributed by atoms with Gasteiger partial charge in [0.15, 0.2) is 11.6 Å². The number of nitrogens with one attached hydrogen (secondary N) is 1. The Morgan fingerprint density at radius 2 is 1.39 bits per heavy atom. The molecule has 0 bridgehead atoms. The Kier molecular flexibility index (Phi) is 5.36. The minimum absolute atomic E-state index is 0.230. The van der Waals surface area contributed by atoms with Crippen LogP contribution in [0.3, 0.4) is 0 Å². The van der Waals surface area contributed by atoms with Gasteiger partial charge in [0.2, 0.25) is 0 Å². The molecule has 1 aromatic heterocycles. The number of rotatable bonds is 5. The molecule has 2 heterocycles. The second-order valence-electron chi connectivity index (χ2n) is 6.85. The first-order valence-electron chi connectivity index (χ1n) is 9.44. The van der Waals surface area contributed by atoms with Gasteiger partial charge in [-0.2, -0.15) is 0 Å². The zero-order chi connectivity index (χ0) is 19.3. The second-order valence-corrected chi connectivity index (χ2v) is 6.85. The average Bonchev–Trinajstić information content (AvgIpc) is 2.76. The Morgan fingerprint density at radius 1 is 0.821 bits per heavy atom. The Bertz CT molecular complexity index is 854. The highest BCUT2D eigenvalue weighted by Gasteiger charge is 2.27. The van der Waals surface area contributed by atoms with Gasteiger partial charge in [-0.15, -0.1) is 0 Å². The monoisotopic (exact) mass is 375 g/mol. The maximum atomic E-state index is 6.18. The molecule has 0 unspecified atom stereocenters. The van der Waals surface area contributed by atoms with Crippen molar-refractivity contribution in [3.8, 4) is 0 Å². The van der Waals surface area contributed by atoms with E-state index in [9.17, 15) is 0 Å². The third-order valence-electron chi connectivity index (χ3n) is 5.21. The molecule has 0 amide bonds. The van der Waals surface area contributed by atoms with Crippen LogP contribution in [0.2, 0.25) is 0 Å². The van der Waals surface area contributed by atoms with E-state index < -0.39 is 0 Å². The van der Waals surface area contributed by atoms with Gasteiger partial charge in [-0.1, -0.05) is 60.7 Å². The number of hydrogen-bond donors (Lipinski definition) is 3. The minimum Gasteiger partial charge on any atom is -0.393 e. The summed E-state index contributed by atoms with van der Waals surface area (Å²) in [6.07, 6.45) is 1.49. The minimum atomic E-state index is 0.230. The molecule has 5 N–H and O–H groups in total. The van der Waals surface area contributed by atoms with Crippen molar-refractivity contribution >= 4 is 17.3 Å². The van der Waals surface area contributed by atoms with Gasteiger partial charge in [0, 0.05) is 26.2 Å². The maximum Gasteiger partial charge on any atom is 0.168 e. The van der Waals surface area contributed by atoms with Crippen molar-refractivity contribution in [2.24, 2.45) is 5.84 Å². The van der Waals surface area contributed by atoms with Gasteiger partial charge < -0.3 is 16.1 Å². The maximum absolute atomic E-state index is 6.18. The standard InChI is InChI=1S/C21H25N7/c22-18-20(26-23)24-15-25-21(18)28-13-11-27(12-14-28)19(16-7-3-1-4-8-16)17-9-5-2-6-10-17/h1-10,15,19H,11-14,22-23H2,(H,24,25,26). The van der Waals surface area contributed by atoms with Gasteiger partial charge in [0.25, 0.3) is 0 Å². The Labute approximate surface area is 165 Å². The molecule has 0 saturated carbocycles. The van der Waals surface area contributed by atoms with E-state index in [0.29, 0.717) is 11.5 Å². The van der Waals surface area contributed by atoms with Crippen LogP contribution in [0.1, 0.15) is 17.2 Å². The van der Waals surface area contributed by atoms with Gasteiger partial charge in [-0.25, -0.2) is 15.8 Å². The molecule has 7 nitrogen and oxygen atoms in total. The van der Waals surface area contributed by atoms with Gasteiger partial charge in [0.05, 0.1) is 6.04 Å². The fourth-order valence-corrected chi connectivity index (χ4v) is 3.83. The third kappa shape index (κ3) is 3.62. The summed E-state index contributed by atoms with van der Waals surface area (Å²) in [6, 6.07) is 21.6. The lowest BCUT2D eigenvalue weighted by Gasteiger charge is -2.40. The van der Waals surface area contributed by atoms with Gasteiger partial charge in [0.1, 0.15) is 12.0 Å². The molecule has 144 valence electrons. The van der Waals surface area contributed by atoms with E-state index in [1.54, 1.807) is 0 Å². The molecule has 0 atom stereocenters. The zero-order valence-electron chi connectivity index (χ0n) is 15.7. The molecule has 28 heavy (non-hydrogen) atoms. The molecular weight excluding hydrogens is 350 g/mol. The number of nitrogens with two attached hydrogens (primary N) is 2. The van der Waals surface area contributed by atoms with Crippen LogP contribution in [-0.4, -0.2) is 41.0 Å². The molecule has 1 saturated heterocycles. The normalized spacial score (nSPS) is 15.0. The smallest absolute Gasteiger partial charge is 0.168 e. The van der Waals surface area contributed by atoms with Crippen LogP contribution in [0.15, 0.2) is 67.0 Å². The lowest BCUT2D eigenvalue weighted by atomic mass is 9.96. The summed E-state index contributed by atoms with van der Waals surface area (Å²) in [4.78, 5) is 13.1. The molecule has 1 aliphatic heterocycles. The molecule has 1 aliphatic rings. The zero-order valence-corrected chi connectivity index (χ0v) is 15.7. The lowest BCUT2D eigenvalue weighted by molar-refractivity contribution is 0.212.